The van der Waals surface area contributed by atoms with Crippen LogP contribution in [0.5, 0.6) is 0 Å². The molecule has 0 radical (unpaired) electrons. The van der Waals surface area contributed by atoms with Gasteiger partial charge < -0.3 is 19.1 Å². The third-order valence-electron chi connectivity index (χ3n) is 16.0. The molecule has 0 saturated heterocycles. The molecule has 0 bridgehead atoms. The number of unbranched alkanes of at least 4 members (excludes halogenated alkanes) is 11. The number of carbonyl (C=O) groups excluding carboxylic acids is 3. The molecule has 0 heterocycles. The average molecular weight is 852 g/mol. The highest BCUT2D eigenvalue weighted by Crippen LogP contribution is 2.67. The monoisotopic (exact) mass is 852 g/mol. The van der Waals surface area contributed by atoms with Gasteiger partial charge in [0.05, 0.1) is 12.8 Å². The molecule has 0 aromatic carbocycles. The SMILES string of the molecule is CCCCCCCC/C=C\CCCCCCCC(=O)OC(COC(=O)CCC(=O)O[C@H]1CC[C@@]2(C)C(=CCC3C2CC[C@@]2(C)C3CC[C@@H]2[C@H](C)CCCC(C)C)C1)CN(C)C. The molecule has 350 valence electrons. The fourth-order valence-electron chi connectivity index (χ4n) is 12.6. The Balaban J connectivity index is 1.10. The van der Waals surface area contributed by atoms with Crippen LogP contribution in [0.1, 0.15) is 215 Å². The van der Waals surface area contributed by atoms with Gasteiger partial charge in [-0.2, -0.15) is 0 Å². The maximum absolute atomic E-state index is 13.0. The summed E-state index contributed by atoms with van der Waals surface area (Å²) in [5.74, 6) is 3.80. The molecule has 7 nitrogen and oxygen atoms in total. The standard InChI is InChI=1S/C54H93NO6/c1-9-10-11-12-13-14-15-16-17-18-19-20-21-22-23-27-51(57)61-45(39-55(7)8)40-59-50(56)32-33-52(58)60-44-34-36-53(5)43(38-44)28-29-46-48-31-30-47(42(4)26-24-25-41(2)3)54(48,6)37-35-49(46)53/h16-17,28,41-42,44-49H,9-15,18-27,29-40H2,1-8H3/b17-16-/t42-,44+,45?,46?,47-,48?,49?,53+,54-/m1/s1. The molecule has 3 saturated carbocycles. The van der Waals surface area contributed by atoms with Crippen LogP contribution in [-0.4, -0.2) is 62.3 Å². The van der Waals surface area contributed by atoms with E-state index in [1.165, 1.54) is 115 Å². The predicted octanol–water partition coefficient (Wildman–Crippen LogP) is 13.8. The zero-order valence-electron chi connectivity index (χ0n) is 40.8. The molecule has 4 rings (SSSR count). The van der Waals surface area contributed by atoms with Crippen molar-refractivity contribution in [1.29, 1.82) is 0 Å². The fraction of sp³-hybridized carbons (Fsp3) is 0.870. The molecule has 0 amide bonds. The highest BCUT2D eigenvalue weighted by atomic mass is 16.6. The van der Waals surface area contributed by atoms with Crippen LogP contribution in [0.15, 0.2) is 23.8 Å². The van der Waals surface area contributed by atoms with Gasteiger partial charge in [0.1, 0.15) is 18.8 Å². The van der Waals surface area contributed by atoms with Gasteiger partial charge in [0.15, 0.2) is 0 Å². The highest BCUT2D eigenvalue weighted by Gasteiger charge is 2.59. The molecule has 3 fully saturated rings. The zero-order valence-corrected chi connectivity index (χ0v) is 40.8. The molecule has 61 heavy (non-hydrogen) atoms. The first-order valence-corrected chi connectivity index (χ1v) is 25.8. The average Bonchev–Trinajstić information content (AvgIpc) is 3.57. The molecule has 0 aromatic heterocycles. The Morgan fingerprint density at radius 2 is 1.43 bits per heavy atom. The van der Waals surface area contributed by atoms with Crippen molar-refractivity contribution in [1.82, 2.24) is 4.90 Å². The van der Waals surface area contributed by atoms with Crippen molar-refractivity contribution in [3.05, 3.63) is 23.8 Å². The van der Waals surface area contributed by atoms with Gasteiger partial charge in [0.2, 0.25) is 0 Å². The lowest BCUT2D eigenvalue weighted by molar-refractivity contribution is -0.161. The van der Waals surface area contributed by atoms with E-state index in [1.54, 1.807) is 0 Å². The molecule has 4 aliphatic rings. The number of hydrogen-bond acceptors (Lipinski definition) is 7. The van der Waals surface area contributed by atoms with Crippen molar-refractivity contribution < 1.29 is 28.6 Å². The molecule has 0 aromatic rings. The second-order valence-corrected chi connectivity index (χ2v) is 21.5. The number of rotatable bonds is 29. The van der Waals surface area contributed by atoms with E-state index in [1.807, 2.05) is 19.0 Å². The van der Waals surface area contributed by atoms with E-state index in [2.05, 4.69) is 59.8 Å². The molecule has 7 heteroatoms. The van der Waals surface area contributed by atoms with Gasteiger partial charge in [-0.3, -0.25) is 14.4 Å². The van der Waals surface area contributed by atoms with Crippen LogP contribution in [0.4, 0.5) is 0 Å². The van der Waals surface area contributed by atoms with E-state index in [0.29, 0.717) is 18.4 Å². The third-order valence-corrected chi connectivity index (χ3v) is 16.0. The second kappa shape index (κ2) is 26.6. The summed E-state index contributed by atoms with van der Waals surface area (Å²) in [6.07, 6.45) is 36.2. The molecule has 4 unspecified atom stereocenters. The van der Waals surface area contributed by atoms with Crippen LogP contribution < -0.4 is 0 Å². The maximum atomic E-state index is 13.0. The van der Waals surface area contributed by atoms with Crippen LogP contribution in [0.2, 0.25) is 0 Å². The largest absolute Gasteiger partial charge is 0.462 e. The number of hydrogen-bond donors (Lipinski definition) is 0. The van der Waals surface area contributed by atoms with Gasteiger partial charge in [-0.1, -0.05) is 136 Å². The summed E-state index contributed by atoms with van der Waals surface area (Å²) in [5, 5.41) is 0. The Bertz CT molecular complexity index is 1370. The van der Waals surface area contributed by atoms with Gasteiger partial charge >= 0.3 is 17.9 Å². The first kappa shape index (κ1) is 51.5. The Labute approximate surface area is 374 Å². The normalized spacial score (nSPS) is 28.2. The Kier molecular flexibility index (Phi) is 22.4. The number of ether oxygens (including phenoxy) is 3. The van der Waals surface area contributed by atoms with Crippen molar-refractivity contribution in [2.24, 2.45) is 46.3 Å². The van der Waals surface area contributed by atoms with Gasteiger partial charge in [-0.15, -0.1) is 0 Å². The third kappa shape index (κ3) is 16.4. The van der Waals surface area contributed by atoms with Crippen molar-refractivity contribution in [2.75, 3.05) is 27.2 Å². The van der Waals surface area contributed by atoms with Crippen molar-refractivity contribution in [3.63, 3.8) is 0 Å². The first-order valence-electron chi connectivity index (χ1n) is 25.8. The van der Waals surface area contributed by atoms with Crippen LogP contribution in [0.3, 0.4) is 0 Å². The summed E-state index contributed by atoms with van der Waals surface area (Å²) >= 11 is 0. The molecule has 0 aliphatic heterocycles. The Morgan fingerprint density at radius 3 is 2.11 bits per heavy atom. The number of allylic oxidation sites excluding steroid dienone is 3. The number of nitrogens with zero attached hydrogens (tertiary/aromatic N) is 1. The van der Waals surface area contributed by atoms with Gasteiger partial charge in [0.25, 0.3) is 0 Å². The van der Waals surface area contributed by atoms with Crippen LogP contribution in [0.25, 0.3) is 0 Å². The Morgan fingerprint density at radius 1 is 0.754 bits per heavy atom. The van der Waals surface area contributed by atoms with Crippen molar-refractivity contribution in [2.45, 2.75) is 227 Å². The van der Waals surface area contributed by atoms with Crippen LogP contribution in [-0.2, 0) is 28.6 Å². The number of fused-ring (bicyclic) bond motifs is 5. The molecule has 0 spiro atoms. The summed E-state index contributed by atoms with van der Waals surface area (Å²) in [6.45, 7) is 15.2. The summed E-state index contributed by atoms with van der Waals surface area (Å²) < 4.78 is 17.3. The first-order chi connectivity index (χ1) is 29.3. The summed E-state index contributed by atoms with van der Waals surface area (Å²) in [6, 6.07) is 0. The molecule has 4 aliphatic carbocycles. The second-order valence-electron chi connectivity index (χ2n) is 21.5. The summed E-state index contributed by atoms with van der Waals surface area (Å²) in [7, 11) is 3.81. The number of carbonyl (C=O) groups is 3. The van der Waals surface area contributed by atoms with Crippen molar-refractivity contribution in [3.8, 4) is 0 Å². The number of likely N-dealkylation sites (N-methyl/N-ethyl adjacent to an activating group) is 1. The van der Waals surface area contributed by atoms with Gasteiger partial charge in [0, 0.05) is 19.4 Å². The molecular formula is C54H93NO6. The predicted molar refractivity (Wildman–Crippen MR) is 251 cm³/mol. The topological polar surface area (TPSA) is 82.1 Å². The lowest BCUT2D eigenvalue weighted by Gasteiger charge is -2.58. The van der Waals surface area contributed by atoms with Gasteiger partial charge in [-0.05, 0) is 137 Å². The van der Waals surface area contributed by atoms with Crippen molar-refractivity contribution >= 4 is 17.9 Å². The molecule has 9 atom stereocenters. The van der Waals surface area contributed by atoms with Gasteiger partial charge in [-0.25, -0.2) is 0 Å². The van der Waals surface area contributed by atoms with Crippen LogP contribution in [0, 0.1) is 46.3 Å². The minimum Gasteiger partial charge on any atom is -0.462 e. The lowest BCUT2D eigenvalue weighted by Crippen LogP contribution is -2.51. The van der Waals surface area contributed by atoms with E-state index in [9.17, 15) is 14.4 Å². The molecule has 0 N–H and O–H groups in total. The smallest absolute Gasteiger partial charge is 0.306 e. The molecular weight excluding hydrogens is 759 g/mol. The minimum absolute atomic E-state index is 0.00128. The van der Waals surface area contributed by atoms with Crippen LogP contribution >= 0.6 is 0 Å². The van der Waals surface area contributed by atoms with E-state index < -0.39 is 12.1 Å². The summed E-state index contributed by atoms with van der Waals surface area (Å²) in [4.78, 5) is 40.4. The minimum atomic E-state index is -0.544. The van der Waals surface area contributed by atoms with E-state index in [0.717, 1.165) is 80.5 Å². The lowest BCUT2D eigenvalue weighted by atomic mass is 9.47. The van der Waals surface area contributed by atoms with E-state index in [4.69, 9.17) is 14.2 Å². The Hall–Kier alpha value is -2.15. The number of esters is 3. The highest BCUT2D eigenvalue weighted by molar-refractivity contribution is 5.77. The quantitative estimate of drug-likeness (QED) is 0.0321. The zero-order chi connectivity index (χ0) is 44.3. The fourth-order valence-corrected chi connectivity index (χ4v) is 12.6. The van der Waals surface area contributed by atoms with E-state index in [-0.39, 0.29) is 42.9 Å². The maximum Gasteiger partial charge on any atom is 0.306 e. The summed E-state index contributed by atoms with van der Waals surface area (Å²) in [5.41, 5.74) is 2.19. The van der Waals surface area contributed by atoms with E-state index >= 15 is 0 Å².